The second kappa shape index (κ2) is 15.3. The van der Waals surface area contributed by atoms with Crippen LogP contribution in [-0.4, -0.2) is 48.5 Å². The van der Waals surface area contributed by atoms with Gasteiger partial charge in [-0.25, -0.2) is 0 Å². The lowest BCUT2D eigenvalue weighted by Crippen LogP contribution is -2.36. The number of carboxylic acid groups (broad SMARTS) is 1. The SMILES string of the molecule is CCCCC1(CCCC)CSc2cc(OCCC(=O)O)c(SC)cc2N(c2ccccc2)C1.CO. The Balaban J connectivity index is 0.00000210. The van der Waals surface area contributed by atoms with Gasteiger partial charge in [0.2, 0.25) is 0 Å². The fourth-order valence-electron chi connectivity index (χ4n) is 4.44. The number of nitrogens with zero attached hydrogens (tertiary/aromatic N) is 1. The summed E-state index contributed by atoms with van der Waals surface area (Å²) >= 11 is 3.59. The zero-order chi connectivity index (χ0) is 25.7. The Morgan fingerprint density at radius 2 is 1.77 bits per heavy atom. The molecule has 0 atom stereocenters. The first-order chi connectivity index (χ1) is 17.0. The summed E-state index contributed by atoms with van der Waals surface area (Å²) in [4.78, 5) is 15.8. The second-order valence-corrected chi connectivity index (χ2v) is 10.7. The van der Waals surface area contributed by atoms with Gasteiger partial charge in [0.1, 0.15) is 5.75 Å². The molecule has 0 unspecified atom stereocenters. The average Bonchev–Trinajstić information content (AvgIpc) is 3.04. The first kappa shape index (κ1) is 29.4. The van der Waals surface area contributed by atoms with Crippen LogP contribution in [0, 0.1) is 5.41 Å². The topological polar surface area (TPSA) is 70.0 Å². The molecule has 1 aliphatic rings. The minimum atomic E-state index is -0.836. The van der Waals surface area contributed by atoms with Gasteiger partial charge in [-0.2, -0.15) is 0 Å². The highest BCUT2D eigenvalue weighted by molar-refractivity contribution is 7.99. The van der Waals surface area contributed by atoms with Gasteiger partial charge in [-0.3, -0.25) is 4.79 Å². The Labute approximate surface area is 219 Å². The van der Waals surface area contributed by atoms with Crippen molar-refractivity contribution < 1.29 is 19.7 Å². The van der Waals surface area contributed by atoms with Crippen molar-refractivity contribution >= 4 is 40.9 Å². The van der Waals surface area contributed by atoms with Crippen LogP contribution in [0.4, 0.5) is 11.4 Å². The maximum absolute atomic E-state index is 11.0. The van der Waals surface area contributed by atoms with E-state index >= 15 is 0 Å². The molecule has 0 bridgehead atoms. The minimum absolute atomic E-state index is 0.00529. The monoisotopic (exact) mass is 519 g/mol. The van der Waals surface area contributed by atoms with Crippen LogP contribution in [0.15, 0.2) is 52.3 Å². The highest BCUT2D eigenvalue weighted by Gasteiger charge is 2.36. The largest absolute Gasteiger partial charge is 0.492 e. The highest BCUT2D eigenvalue weighted by Crippen LogP contribution is 2.50. The van der Waals surface area contributed by atoms with E-state index in [2.05, 4.69) is 67.5 Å². The minimum Gasteiger partial charge on any atom is -0.492 e. The molecule has 0 saturated carbocycles. The van der Waals surface area contributed by atoms with E-state index in [0.717, 1.165) is 30.1 Å². The molecule has 1 aliphatic heterocycles. The summed E-state index contributed by atoms with van der Waals surface area (Å²) in [6, 6.07) is 15.1. The number of rotatable bonds is 12. The average molecular weight is 520 g/mol. The maximum Gasteiger partial charge on any atom is 0.306 e. The van der Waals surface area contributed by atoms with Crippen LogP contribution in [0.5, 0.6) is 5.75 Å². The first-order valence-corrected chi connectivity index (χ1v) is 14.7. The van der Waals surface area contributed by atoms with Crippen molar-refractivity contribution in [3.63, 3.8) is 0 Å². The lowest BCUT2D eigenvalue weighted by molar-refractivity contribution is -0.137. The van der Waals surface area contributed by atoms with Gasteiger partial charge in [-0.15, -0.1) is 23.5 Å². The van der Waals surface area contributed by atoms with Crippen molar-refractivity contribution in [3.05, 3.63) is 42.5 Å². The molecule has 35 heavy (non-hydrogen) atoms. The van der Waals surface area contributed by atoms with Gasteiger partial charge in [0.25, 0.3) is 0 Å². The van der Waals surface area contributed by atoms with Crippen LogP contribution in [0.1, 0.15) is 58.8 Å². The highest BCUT2D eigenvalue weighted by atomic mass is 32.2. The molecule has 3 rings (SSSR count). The molecule has 194 valence electrons. The summed E-state index contributed by atoms with van der Waals surface area (Å²) < 4.78 is 5.93. The number of carbonyl (C=O) groups is 1. The molecular weight excluding hydrogens is 478 g/mol. The number of fused-ring (bicyclic) bond motifs is 1. The first-order valence-electron chi connectivity index (χ1n) is 12.5. The quantitative estimate of drug-likeness (QED) is 0.282. The normalized spacial score (nSPS) is 14.4. The number of aliphatic carboxylic acids is 1. The van der Waals surface area contributed by atoms with Gasteiger partial charge in [0.05, 0.1) is 23.6 Å². The van der Waals surface area contributed by atoms with Gasteiger partial charge < -0.3 is 19.8 Å². The predicted molar refractivity (Wildman–Crippen MR) is 150 cm³/mol. The maximum atomic E-state index is 11.0. The Morgan fingerprint density at radius 1 is 1.11 bits per heavy atom. The van der Waals surface area contributed by atoms with E-state index < -0.39 is 5.97 Å². The Morgan fingerprint density at radius 3 is 2.34 bits per heavy atom. The lowest BCUT2D eigenvalue weighted by atomic mass is 9.79. The smallest absolute Gasteiger partial charge is 0.306 e. The number of anilines is 2. The standard InChI is InChI=1S/C27H37NO3S2.CH4O/c1-4-6-14-27(15-7-5-2)19-28(21-11-9-8-10-12-21)22-17-25(32-3)23(18-24(22)33-20-27)31-16-13-26(29)30;1-2/h8-12,17-18H,4-7,13-16,19-20H2,1-3H3,(H,29,30);2H,1H3. The van der Waals surface area contributed by atoms with E-state index in [9.17, 15) is 4.79 Å². The fourth-order valence-corrected chi connectivity index (χ4v) is 6.34. The molecule has 2 aromatic rings. The van der Waals surface area contributed by atoms with Crippen molar-refractivity contribution in [1.29, 1.82) is 0 Å². The van der Waals surface area contributed by atoms with Gasteiger partial charge >= 0.3 is 5.97 Å². The van der Waals surface area contributed by atoms with Gasteiger partial charge in [-0.05, 0) is 48.8 Å². The molecule has 0 radical (unpaired) electrons. The molecule has 2 N–H and O–H groups in total. The number of aliphatic hydroxyl groups excluding tert-OH is 1. The van der Waals surface area contributed by atoms with E-state index in [-0.39, 0.29) is 18.4 Å². The van der Waals surface area contributed by atoms with Crippen LogP contribution in [-0.2, 0) is 4.79 Å². The number of hydrogen-bond acceptors (Lipinski definition) is 6. The van der Waals surface area contributed by atoms with Crippen molar-refractivity contribution in [2.75, 3.05) is 37.2 Å². The zero-order valence-electron chi connectivity index (χ0n) is 21.6. The molecule has 2 aromatic carbocycles. The summed E-state index contributed by atoms with van der Waals surface area (Å²) in [5.41, 5.74) is 2.72. The van der Waals surface area contributed by atoms with Crippen molar-refractivity contribution in [1.82, 2.24) is 0 Å². The van der Waals surface area contributed by atoms with Crippen LogP contribution in [0.25, 0.3) is 0 Å². The second-order valence-electron chi connectivity index (χ2n) is 8.88. The van der Waals surface area contributed by atoms with Crippen molar-refractivity contribution in [3.8, 4) is 5.75 Å². The number of hydrogen-bond donors (Lipinski definition) is 2. The number of thioether (sulfide) groups is 2. The number of unbranched alkanes of at least 4 members (excludes halogenated alkanes) is 2. The molecule has 5 nitrogen and oxygen atoms in total. The molecule has 0 saturated heterocycles. The number of para-hydroxylation sites is 1. The van der Waals surface area contributed by atoms with E-state index in [4.69, 9.17) is 14.9 Å². The summed E-state index contributed by atoms with van der Waals surface area (Å²) in [5.74, 6) is 1.05. The molecule has 0 amide bonds. The van der Waals surface area contributed by atoms with Crippen LogP contribution < -0.4 is 9.64 Å². The number of aliphatic hydroxyl groups is 1. The predicted octanol–water partition coefficient (Wildman–Crippen LogP) is 7.48. The summed E-state index contributed by atoms with van der Waals surface area (Å²) in [5, 5.41) is 16.0. The van der Waals surface area contributed by atoms with Crippen LogP contribution in [0.2, 0.25) is 0 Å². The van der Waals surface area contributed by atoms with Gasteiger partial charge in [0, 0.05) is 30.0 Å². The third-order valence-electron chi connectivity index (χ3n) is 6.33. The Hall–Kier alpha value is -1.83. The molecule has 1 heterocycles. The van der Waals surface area contributed by atoms with Crippen LogP contribution >= 0.6 is 23.5 Å². The lowest BCUT2D eigenvalue weighted by Gasteiger charge is -2.37. The third-order valence-corrected chi connectivity index (χ3v) is 8.48. The molecule has 0 aliphatic carbocycles. The molecule has 0 spiro atoms. The molecule has 7 heteroatoms. The summed E-state index contributed by atoms with van der Waals surface area (Å²) in [7, 11) is 1.00. The van der Waals surface area contributed by atoms with E-state index in [1.54, 1.807) is 11.8 Å². The Bertz CT molecular complexity index is 899. The van der Waals surface area contributed by atoms with Crippen molar-refractivity contribution in [2.24, 2.45) is 5.41 Å². The van der Waals surface area contributed by atoms with E-state index in [1.165, 1.54) is 54.8 Å². The zero-order valence-corrected chi connectivity index (χ0v) is 23.2. The third kappa shape index (κ3) is 8.36. The number of ether oxygens (including phenoxy) is 1. The van der Waals surface area contributed by atoms with Crippen molar-refractivity contribution in [2.45, 2.75) is 68.6 Å². The number of carboxylic acids is 1. The summed E-state index contributed by atoms with van der Waals surface area (Å²) in [6.45, 7) is 5.77. The van der Waals surface area contributed by atoms with Gasteiger partial charge in [0.15, 0.2) is 0 Å². The Kier molecular flexibility index (Phi) is 12.9. The number of benzene rings is 2. The van der Waals surface area contributed by atoms with E-state index in [1.807, 2.05) is 11.8 Å². The fraction of sp³-hybridized carbons (Fsp3) is 0.536. The summed E-state index contributed by atoms with van der Waals surface area (Å²) in [6.07, 6.45) is 9.48. The molecular formula is C28H41NO4S2. The molecule has 0 aromatic heterocycles. The molecule has 0 fully saturated rings. The van der Waals surface area contributed by atoms with Crippen LogP contribution in [0.3, 0.4) is 0 Å². The van der Waals surface area contributed by atoms with E-state index in [0.29, 0.717) is 0 Å². The van der Waals surface area contributed by atoms with Gasteiger partial charge in [-0.1, -0.05) is 57.7 Å².